The maximum Gasteiger partial charge on any atom is 0.0843 e. The molecule has 0 saturated heterocycles. The van der Waals surface area contributed by atoms with Crippen molar-refractivity contribution in [2.45, 2.75) is 26.7 Å². The summed E-state index contributed by atoms with van der Waals surface area (Å²) in [6.07, 6.45) is 1.98. The van der Waals surface area contributed by atoms with Crippen LogP contribution in [0.25, 0.3) is 0 Å². The van der Waals surface area contributed by atoms with Gasteiger partial charge in [0.15, 0.2) is 0 Å². The Kier molecular flexibility index (Phi) is 2.92. The van der Waals surface area contributed by atoms with Crippen LogP contribution in [0.15, 0.2) is 12.3 Å². The van der Waals surface area contributed by atoms with Gasteiger partial charge in [-0.15, -0.1) is 0 Å². The maximum atomic E-state index is 4.34. The molecule has 0 bridgehead atoms. The second kappa shape index (κ2) is 3.56. The second-order valence-electron chi connectivity index (χ2n) is 3.16. The Morgan fingerprint density at radius 2 is 2.09 bits per heavy atom. The number of aromatic nitrogens is 2. The Bertz CT molecular complexity index is 230. The van der Waals surface area contributed by atoms with Gasteiger partial charge in [0.2, 0.25) is 0 Å². The van der Waals surface area contributed by atoms with Crippen molar-refractivity contribution >= 4 is 22.9 Å². The molecule has 3 heteroatoms. The van der Waals surface area contributed by atoms with Crippen LogP contribution < -0.4 is 0 Å². The summed E-state index contributed by atoms with van der Waals surface area (Å²) >= 11 is 2.16. The third-order valence-corrected chi connectivity index (χ3v) is 2.58. The molecule has 0 aliphatic rings. The van der Waals surface area contributed by atoms with E-state index in [0.29, 0.717) is 11.8 Å². The lowest BCUT2D eigenvalue weighted by Crippen LogP contribution is -2.02. The van der Waals surface area contributed by atoms with Crippen LogP contribution in [0.5, 0.6) is 0 Å². The van der Waals surface area contributed by atoms with Crippen LogP contribution in [-0.2, 0) is 0 Å². The third-order valence-electron chi connectivity index (χ3n) is 2.05. The molecule has 0 fully saturated rings. The monoisotopic (exact) mass is 264 g/mol. The third kappa shape index (κ3) is 2.18. The van der Waals surface area contributed by atoms with Gasteiger partial charge in [0.1, 0.15) is 0 Å². The van der Waals surface area contributed by atoms with Crippen LogP contribution in [0.2, 0.25) is 0 Å². The summed E-state index contributed by atoms with van der Waals surface area (Å²) in [5, 5.41) is 4.34. The predicted octanol–water partition coefficient (Wildman–Crippen LogP) is 2.84. The highest BCUT2D eigenvalue weighted by atomic mass is 127. The molecule has 1 unspecified atom stereocenters. The first kappa shape index (κ1) is 9.03. The molecule has 11 heavy (non-hydrogen) atoms. The number of halogens is 1. The zero-order valence-electron chi connectivity index (χ0n) is 7.08. The maximum absolute atomic E-state index is 4.34. The molecule has 1 atom stereocenters. The van der Waals surface area contributed by atoms with Gasteiger partial charge in [-0.05, 0) is 12.0 Å². The molecule has 0 amide bonds. The molecule has 0 radical (unpaired) electrons. The minimum atomic E-state index is 0.561. The van der Waals surface area contributed by atoms with E-state index in [1.165, 1.54) is 5.69 Å². The second-order valence-corrected chi connectivity index (χ2v) is 4.15. The summed E-state index contributed by atoms with van der Waals surface area (Å²) in [5.74, 6) is 1.23. The molecule has 2 nitrogen and oxygen atoms in total. The standard InChI is InChI=1S/C8H13IN2/c1-6(2)7(3)8-4-5-11(9)10-8/h4-7H,1-3H3. The number of hydrogen-bond acceptors (Lipinski definition) is 1. The first-order chi connectivity index (χ1) is 5.11. The Morgan fingerprint density at radius 3 is 2.45 bits per heavy atom. The minimum Gasteiger partial charge on any atom is -0.211 e. The van der Waals surface area contributed by atoms with E-state index in [1.54, 1.807) is 0 Å². The van der Waals surface area contributed by atoms with Crippen molar-refractivity contribution in [2.75, 3.05) is 0 Å². The first-order valence-corrected chi connectivity index (χ1v) is 4.79. The average molecular weight is 264 g/mol. The van der Waals surface area contributed by atoms with Crippen molar-refractivity contribution in [1.29, 1.82) is 0 Å². The topological polar surface area (TPSA) is 17.8 Å². The number of hydrogen-bond donors (Lipinski definition) is 0. The van der Waals surface area contributed by atoms with Crippen LogP contribution >= 0.6 is 22.9 Å². The summed E-state index contributed by atoms with van der Waals surface area (Å²) < 4.78 is 1.83. The van der Waals surface area contributed by atoms with Crippen molar-refractivity contribution in [1.82, 2.24) is 7.99 Å². The number of nitrogens with zero attached hydrogens (tertiary/aromatic N) is 2. The van der Waals surface area contributed by atoms with Crippen molar-refractivity contribution in [3.63, 3.8) is 0 Å². The number of rotatable bonds is 2. The molecule has 0 N–H and O–H groups in total. The smallest absolute Gasteiger partial charge is 0.0843 e. The highest BCUT2D eigenvalue weighted by Gasteiger charge is 2.11. The molecule has 0 saturated carbocycles. The molecular formula is C8H13IN2. The first-order valence-electron chi connectivity index (χ1n) is 3.83. The SMILES string of the molecule is CC(C)C(C)c1ccn(I)n1. The van der Waals surface area contributed by atoms with Crippen molar-refractivity contribution in [3.8, 4) is 0 Å². The summed E-state index contributed by atoms with van der Waals surface area (Å²) in [5.41, 5.74) is 1.19. The van der Waals surface area contributed by atoms with Gasteiger partial charge in [-0.3, -0.25) is 0 Å². The Hall–Kier alpha value is -0.0600. The fraction of sp³-hybridized carbons (Fsp3) is 0.625. The van der Waals surface area contributed by atoms with Crippen molar-refractivity contribution < 1.29 is 0 Å². The molecular weight excluding hydrogens is 251 g/mol. The van der Waals surface area contributed by atoms with E-state index in [4.69, 9.17) is 0 Å². The minimum absolute atomic E-state index is 0.561. The molecule has 0 aromatic carbocycles. The molecule has 1 heterocycles. The molecule has 0 aliphatic heterocycles. The molecule has 1 aromatic rings. The van der Waals surface area contributed by atoms with Gasteiger partial charge < -0.3 is 0 Å². The summed E-state index contributed by atoms with van der Waals surface area (Å²) in [4.78, 5) is 0. The summed E-state index contributed by atoms with van der Waals surface area (Å²) in [6, 6.07) is 2.08. The van der Waals surface area contributed by atoms with Gasteiger partial charge in [-0.1, -0.05) is 20.8 Å². The van der Waals surface area contributed by atoms with E-state index >= 15 is 0 Å². The van der Waals surface area contributed by atoms with E-state index in [-0.39, 0.29) is 0 Å². The fourth-order valence-electron chi connectivity index (χ4n) is 0.899. The molecule has 0 aliphatic carbocycles. The van der Waals surface area contributed by atoms with Crippen molar-refractivity contribution in [3.05, 3.63) is 18.0 Å². The summed E-state index contributed by atoms with van der Waals surface area (Å²) in [7, 11) is 0. The highest BCUT2D eigenvalue weighted by Crippen LogP contribution is 2.21. The van der Waals surface area contributed by atoms with Crippen LogP contribution in [0.4, 0.5) is 0 Å². The van der Waals surface area contributed by atoms with Crippen molar-refractivity contribution in [2.24, 2.45) is 5.92 Å². The van der Waals surface area contributed by atoms with Crippen LogP contribution in [0.1, 0.15) is 32.4 Å². The van der Waals surface area contributed by atoms with Crippen LogP contribution in [0, 0.1) is 5.92 Å². The van der Waals surface area contributed by atoms with E-state index in [0.717, 1.165) is 0 Å². The zero-order valence-corrected chi connectivity index (χ0v) is 9.24. The van der Waals surface area contributed by atoms with Gasteiger partial charge >= 0.3 is 0 Å². The molecule has 62 valence electrons. The average Bonchev–Trinajstić information content (AvgIpc) is 2.34. The lowest BCUT2D eigenvalue weighted by atomic mass is 9.95. The summed E-state index contributed by atoms with van der Waals surface area (Å²) in [6.45, 7) is 6.65. The van der Waals surface area contributed by atoms with E-state index in [9.17, 15) is 0 Å². The van der Waals surface area contributed by atoms with Crippen LogP contribution in [-0.4, -0.2) is 7.99 Å². The largest absolute Gasteiger partial charge is 0.211 e. The molecule has 1 aromatic heterocycles. The quantitative estimate of drug-likeness (QED) is 0.751. The van der Waals surface area contributed by atoms with Gasteiger partial charge in [0, 0.05) is 12.1 Å². The van der Waals surface area contributed by atoms with Crippen LogP contribution in [0.3, 0.4) is 0 Å². The molecule has 0 spiro atoms. The van der Waals surface area contributed by atoms with E-state index in [2.05, 4.69) is 54.8 Å². The van der Waals surface area contributed by atoms with Gasteiger partial charge in [0.25, 0.3) is 0 Å². The molecule has 1 rings (SSSR count). The van der Waals surface area contributed by atoms with E-state index < -0.39 is 0 Å². The Labute approximate surface area is 81.5 Å². The lowest BCUT2D eigenvalue weighted by molar-refractivity contribution is 0.522. The van der Waals surface area contributed by atoms with E-state index in [1.807, 2.05) is 9.09 Å². The normalized spacial score (nSPS) is 13.9. The fourth-order valence-corrected chi connectivity index (χ4v) is 1.31. The highest BCUT2D eigenvalue weighted by molar-refractivity contribution is 14.1. The predicted molar refractivity (Wildman–Crippen MR) is 54.9 cm³/mol. The van der Waals surface area contributed by atoms with Gasteiger partial charge in [-0.2, -0.15) is 5.10 Å². The zero-order chi connectivity index (χ0) is 8.43. The van der Waals surface area contributed by atoms with Gasteiger partial charge in [0.05, 0.1) is 28.6 Å². The Morgan fingerprint density at radius 1 is 1.45 bits per heavy atom. The Balaban J connectivity index is 2.76. The van der Waals surface area contributed by atoms with Gasteiger partial charge in [-0.25, -0.2) is 2.90 Å². The lowest BCUT2D eigenvalue weighted by Gasteiger charge is -2.11.